The molecule has 2 aromatic rings. The zero-order chi connectivity index (χ0) is 16.9. The average Bonchev–Trinajstić information content (AvgIpc) is 3.22. The average molecular weight is 335 g/mol. The third-order valence-electron chi connectivity index (χ3n) is 6.52. The van der Waals surface area contributed by atoms with E-state index < -0.39 is 0 Å². The molecular formula is C19H21N5O. The van der Waals surface area contributed by atoms with Crippen LogP contribution in [0.4, 0.5) is 5.69 Å². The van der Waals surface area contributed by atoms with E-state index in [2.05, 4.69) is 20.6 Å². The molecule has 4 saturated carbocycles. The fourth-order valence-electron chi connectivity index (χ4n) is 5.75. The maximum absolute atomic E-state index is 9.04. The first kappa shape index (κ1) is 14.8. The summed E-state index contributed by atoms with van der Waals surface area (Å²) in [5.74, 6) is 3.24. The number of rotatable bonds is 3. The van der Waals surface area contributed by atoms with Crippen LogP contribution in [0.2, 0.25) is 0 Å². The van der Waals surface area contributed by atoms with Crippen molar-refractivity contribution in [2.45, 2.75) is 32.1 Å². The Morgan fingerprint density at radius 2 is 2.16 bits per heavy atom. The molecule has 4 aliphatic rings. The summed E-state index contributed by atoms with van der Waals surface area (Å²) in [5.41, 5.74) is 2.79. The van der Waals surface area contributed by atoms with Crippen molar-refractivity contribution in [2.24, 2.45) is 28.2 Å². The number of guanidine groups is 1. The van der Waals surface area contributed by atoms with E-state index in [-0.39, 0.29) is 0 Å². The topological polar surface area (TPSA) is 86.2 Å². The van der Waals surface area contributed by atoms with Crippen LogP contribution >= 0.6 is 0 Å². The Hall–Kier alpha value is -2.55. The number of hydrogen-bond acceptors (Lipinski definition) is 4. The SMILES string of the molecule is N#C/N=C(\NCC12CC3CC(CC1C3)C2)Nc1ccc2ocnc2c1. The number of anilines is 1. The molecule has 4 bridgehead atoms. The van der Waals surface area contributed by atoms with Crippen LogP contribution in [-0.2, 0) is 0 Å². The molecule has 1 aromatic heterocycles. The van der Waals surface area contributed by atoms with Crippen molar-refractivity contribution in [3.05, 3.63) is 24.6 Å². The van der Waals surface area contributed by atoms with E-state index in [1.807, 2.05) is 24.4 Å². The van der Waals surface area contributed by atoms with Gasteiger partial charge in [0.1, 0.15) is 5.52 Å². The molecule has 25 heavy (non-hydrogen) atoms. The summed E-state index contributed by atoms with van der Waals surface area (Å²) in [6, 6.07) is 5.67. The molecule has 1 heterocycles. The van der Waals surface area contributed by atoms with E-state index >= 15 is 0 Å². The van der Waals surface area contributed by atoms with Crippen LogP contribution in [0.3, 0.4) is 0 Å². The summed E-state index contributed by atoms with van der Waals surface area (Å²) in [6.07, 6.45) is 10.3. The van der Waals surface area contributed by atoms with Crippen molar-refractivity contribution >= 4 is 22.7 Å². The van der Waals surface area contributed by atoms with Crippen LogP contribution in [0, 0.1) is 34.6 Å². The van der Waals surface area contributed by atoms with E-state index in [9.17, 15) is 0 Å². The van der Waals surface area contributed by atoms with Gasteiger partial charge in [-0.15, -0.1) is 4.99 Å². The highest BCUT2D eigenvalue weighted by molar-refractivity contribution is 5.95. The van der Waals surface area contributed by atoms with Gasteiger partial charge in [0.25, 0.3) is 0 Å². The number of nitriles is 1. The number of hydrogen-bond donors (Lipinski definition) is 2. The third kappa shape index (κ3) is 2.46. The normalized spacial score (nSPS) is 32.9. The second-order valence-electron chi connectivity index (χ2n) is 7.98. The van der Waals surface area contributed by atoms with Crippen LogP contribution in [0.1, 0.15) is 32.1 Å². The number of fused-ring (bicyclic) bond motifs is 1. The van der Waals surface area contributed by atoms with Gasteiger partial charge >= 0.3 is 0 Å². The van der Waals surface area contributed by atoms with Crippen molar-refractivity contribution in [2.75, 3.05) is 11.9 Å². The first-order valence-corrected chi connectivity index (χ1v) is 9.05. The molecule has 1 aromatic carbocycles. The fraction of sp³-hybridized carbons (Fsp3) is 0.526. The van der Waals surface area contributed by atoms with Gasteiger partial charge in [0.2, 0.25) is 12.2 Å². The van der Waals surface area contributed by atoms with E-state index in [0.29, 0.717) is 11.4 Å². The van der Waals surface area contributed by atoms with Gasteiger partial charge in [-0.05, 0) is 73.5 Å². The molecule has 6 nitrogen and oxygen atoms in total. The lowest BCUT2D eigenvalue weighted by molar-refractivity contribution is 0.202. The first-order chi connectivity index (χ1) is 12.2. The van der Waals surface area contributed by atoms with Gasteiger partial charge in [-0.3, -0.25) is 0 Å². The predicted octanol–water partition coefficient (Wildman–Crippen LogP) is 3.49. The maximum Gasteiger partial charge on any atom is 0.211 e. The van der Waals surface area contributed by atoms with Gasteiger partial charge < -0.3 is 15.1 Å². The quantitative estimate of drug-likeness (QED) is 0.509. The Labute approximate surface area is 146 Å². The van der Waals surface area contributed by atoms with Crippen molar-refractivity contribution in [1.29, 1.82) is 5.26 Å². The summed E-state index contributed by atoms with van der Waals surface area (Å²) < 4.78 is 5.26. The van der Waals surface area contributed by atoms with Crippen LogP contribution in [-0.4, -0.2) is 17.5 Å². The summed E-state index contributed by atoms with van der Waals surface area (Å²) in [6.45, 7) is 0.907. The Kier molecular flexibility index (Phi) is 3.24. The van der Waals surface area contributed by atoms with Crippen LogP contribution in [0.15, 0.2) is 34.0 Å². The van der Waals surface area contributed by atoms with Gasteiger partial charge in [-0.2, -0.15) is 5.26 Å². The third-order valence-corrected chi connectivity index (χ3v) is 6.52. The van der Waals surface area contributed by atoms with Gasteiger partial charge in [0.15, 0.2) is 12.0 Å². The minimum Gasteiger partial charge on any atom is -0.443 e. The van der Waals surface area contributed by atoms with Crippen molar-refractivity contribution < 1.29 is 4.42 Å². The highest BCUT2D eigenvalue weighted by Crippen LogP contribution is 2.65. The van der Waals surface area contributed by atoms with Gasteiger partial charge in [0, 0.05) is 12.2 Å². The number of nitrogens with one attached hydrogen (secondary N) is 2. The largest absolute Gasteiger partial charge is 0.443 e. The lowest BCUT2D eigenvalue weighted by Crippen LogP contribution is -2.41. The summed E-state index contributed by atoms with van der Waals surface area (Å²) in [5, 5.41) is 15.7. The van der Waals surface area contributed by atoms with E-state index in [4.69, 9.17) is 9.68 Å². The van der Waals surface area contributed by atoms with Gasteiger partial charge in [-0.1, -0.05) is 0 Å². The Morgan fingerprint density at radius 3 is 2.96 bits per heavy atom. The van der Waals surface area contributed by atoms with Gasteiger partial charge in [-0.25, -0.2) is 4.98 Å². The molecule has 128 valence electrons. The Balaban J connectivity index is 1.30. The minimum absolute atomic E-state index is 0.418. The molecule has 2 N–H and O–H groups in total. The number of aromatic nitrogens is 1. The molecular weight excluding hydrogens is 314 g/mol. The summed E-state index contributed by atoms with van der Waals surface area (Å²) in [4.78, 5) is 8.11. The fourth-order valence-corrected chi connectivity index (χ4v) is 5.75. The molecule has 0 saturated heterocycles. The summed E-state index contributed by atoms with van der Waals surface area (Å²) >= 11 is 0. The molecule has 2 unspecified atom stereocenters. The van der Waals surface area contributed by atoms with E-state index in [1.165, 1.54) is 38.5 Å². The number of oxazole rings is 1. The molecule has 0 radical (unpaired) electrons. The van der Waals surface area contributed by atoms with Crippen LogP contribution in [0.5, 0.6) is 0 Å². The van der Waals surface area contributed by atoms with Crippen molar-refractivity contribution in [1.82, 2.24) is 10.3 Å². The lowest BCUT2D eigenvalue weighted by atomic mass is 9.75. The van der Waals surface area contributed by atoms with E-state index in [0.717, 1.165) is 41.1 Å². The smallest absolute Gasteiger partial charge is 0.211 e. The molecule has 6 heteroatoms. The molecule has 2 atom stereocenters. The zero-order valence-corrected chi connectivity index (χ0v) is 14.0. The molecule has 0 spiro atoms. The lowest BCUT2D eigenvalue weighted by Gasteiger charge is -2.33. The molecule has 6 rings (SSSR count). The first-order valence-electron chi connectivity index (χ1n) is 9.05. The second-order valence-corrected chi connectivity index (χ2v) is 7.98. The standard InChI is InChI=1S/C19H21N5O/c20-10-22-18(24-15-1-2-17-16(6-15)23-11-25-17)21-9-19-7-12-3-13(8-19)5-14(19)4-12/h1-2,6,11-14H,3-5,7-9H2,(H2,21,22,24). The van der Waals surface area contributed by atoms with Gasteiger partial charge in [0.05, 0.1) is 0 Å². The molecule has 4 fully saturated rings. The Bertz CT molecular complexity index is 865. The molecule has 4 aliphatic carbocycles. The van der Waals surface area contributed by atoms with Crippen LogP contribution < -0.4 is 10.6 Å². The minimum atomic E-state index is 0.418. The highest BCUT2D eigenvalue weighted by Gasteiger charge is 2.57. The maximum atomic E-state index is 9.04. The monoisotopic (exact) mass is 335 g/mol. The highest BCUT2D eigenvalue weighted by atomic mass is 16.3. The predicted molar refractivity (Wildman–Crippen MR) is 94.7 cm³/mol. The zero-order valence-electron chi connectivity index (χ0n) is 14.0. The molecule has 0 amide bonds. The van der Waals surface area contributed by atoms with Crippen molar-refractivity contribution in [3.8, 4) is 6.19 Å². The number of aliphatic imine (C=N–C) groups is 1. The number of benzene rings is 1. The number of nitrogens with zero attached hydrogens (tertiary/aromatic N) is 3. The van der Waals surface area contributed by atoms with E-state index in [1.54, 1.807) is 0 Å². The Morgan fingerprint density at radius 1 is 1.32 bits per heavy atom. The van der Waals surface area contributed by atoms with Crippen molar-refractivity contribution in [3.63, 3.8) is 0 Å². The van der Waals surface area contributed by atoms with Crippen LogP contribution in [0.25, 0.3) is 11.1 Å². The summed E-state index contributed by atoms with van der Waals surface area (Å²) in [7, 11) is 0. The molecule has 0 aliphatic heterocycles. The second kappa shape index (κ2) is 5.48.